The minimum absolute atomic E-state index is 0.0387. The van der Waals surface area contributed by atoms with E-state index in [1.807, 2.05) is 49.7 Å². The zero-order valence-corrected chi connectivity index (χ0v) is 11.4. The number of imidazole rings is 1. The van der Waals surface area contributed by atoms with Crippen LogP contribution < -0.4 is 5.32 Å². The highest BCUT2D eigenvalue weighted by molar-refractivity contribution is 5.73. The summed E-state index contributed by atoms with van der Waals surface area (Å²) in [6.07, 6.45) is 3.93. The summed E-state index contributed by atoms with van der Waals surface area (Å²) < 4.78 is 1.96. The normalized spacial score (nSPS) is 13.1. The molecule has 0 radical (unpaired) electrons. The number of rotatable bonds is 5. The molecular formula is C14H19N3O2. The molecule has 0 saturated carbocycles. The van der Waals surface area contributed by atoms with Crippen LogP contribution in [0.4, 0.5) is 0 Å². The quantitative estimate of drug-likeness (QED) is 0.862. The van der Waals surface area contributed by atoms with Gasteiger partial charge in [-0.3, -0.25) is 10.1 Å². The molecule has 2 rings (SSSR count). The zero-order valence-electron chi connectivity index (χ0n) is 11.4. The predicted octanol–water partition coefficient (Wildman–Crippen LogP) is 1.84. The maximum absolute atomic E-state index is 11.1. The molecule has 5 heteroatoms. The fraction of sp³-hybridized carbons (Fsp3) is 0.429. The minimum atomic E-state index is -0.824. The largest absolute Gasteiger partial charge is 0.480 e. The average Bonchev–Trinajstić information content (AvgIpc) is 2.70. The molecule has 1 atom stereocenters. The van der Waals surface area contributed by atoms with E-state index in [0.717, 1.165) is 16.9 Å². The molecule has 0 aromatic carbocycles. The van der Waals surface area contributed by atoms with Gasteiger partial charge in [0, 0.05) is 18.9 Å². The first-order valence-corrected chi connectivity index (χ1v) is 6.38. The van der Waals surface area contributed by atoms with Gasteiger partial charge >= 0.3 is 5.97 Å². The summed E-state index contributed by atoms with van der Waals surface area (Å²) in [6, 6.07) is 3.41. The van der Waals surface area contributed by atoms with Gasteiger partial charge in [0.15, 0.2) is 0 Å². The molecule has 2 aromatic heterocycles. The molecule has 0 bridgehead atoms. The van der Waals surface area contributed by atoms with Crippen molar-refractivity contribution in [1.82, 2.24) is 14.7 Å². The molecule has 0 aliphatic carbocycles. The summed E-state index contributed by atoms with van der Waals surface area (Å²) >= 11 is 0. The van der Waals surface area contributed by atoms with Crippen LogP contribution in [0.2, 0.25) is 0 Å². The van der Waals surface area contributed by atoms with E-state index in [9.17, 15) is 4.79 Å². The molecule has 102 valence electrons. The van der Waals surface area contributed by atoms with Gasteiger partial charge in [0.25, 0.3) is 0 Å². The van der Waals surface area contributed by atoms with Gasteiger partial charge in [0.05, 0.1) is 5.69 Å². The van der Waals surface area contributed by atoms with Crippen molar-refractivity contribution in [2.24, 2.45) is 5.92 Å². The van der Waals surface area contributed by atoms with Crippen molar-refractivity contribution in [2.45, 2.75) is 33.4 Å². The first-order chi connectivity index (χ1) is 8.97. The van der Waals surface area contributed by atoms with Gasteiger partial charge in [-0.05, 0) is 24.5 Å². The summed E-state index contributed by atoms with van der Waals surface area (Å²) in [4.78, 5) is 15.5. The zero-order chi connectivity index (χ0) is 14.0. The van der Waals surface area contributed by atoms with Crippen molar-refractivity contribution < 1.29 is 9.90 Å². The number of aromatic nitrogens is 2. The Kier molecular flexibility index (Phi) is 3.85. The number of nitrogens with zero attached hydrogens (tertiary/aromatic N) is 2. The van der Waals surface area contributed by atoms with Gasteiger partial charge in [-0.25, -0.2) is 4.98 Å². The summed E-state index contributed by atoms with van der Waals surface area (Å²) in [7, 11) is 0. The van der Waals surface area contributed by atoms with E-state index >= 15 is 0 Å². The van der Waals surface area contributed by atoms with Crippen LogP contribution in [-0.2, 0) is 11.3 Å². The van der Waals surface area contributed by atoms with E-state index in [-0.39, 0.29) is 5.92 Å². The standard InChI is InChI=1S/C14H19N3O2/c1-9(2)13(14(18)19)15-6-11-8-17-7-10(3)4-5-12(17)16-11/h4-5,7-9,13,15H,6H2,1-3H3,(H,18,19). The van der Waals surface area contributed by atoms with Crippen LogP contribution in [0.15, 0.2) is 24.5 Å². The van der Waals surface area contributed by atoms with Crippen molar-refractivity contribution in [3.8, 4) is 0 Å². The first-order valence-electron chi connectivity index (χ1n) is 6.38. The number of carboxylic acid groups (broad SMARTS) is 1. The second-order valence-corrected chi connectivity index (χ2v) is 5.14. The maximum atomic E-state index is 11.1. The number of hydrogen-bond acceptors (Lipinski definition) is 3. The molecule has 0 spiro atoms. The Hall–Kier alpha value is -1.88. The second kappa shape index (κ2) is 5.40. The van der Waals surface area contributed by atoms with Crippen LogP contribution in [0.3, 0.4) is 0 Å². The minimum Gasteiger partial charge on any atom is -0.480 e. The third kappa shape index (κ3) is 3.12. The van der Waals surface area contributed by atoms with Crippen molar-refractivity contribution >= 4 is 11.6 Å². The van der Waals surface area contributed by atoms with Crippen LogP contribution in [-0.4, -0.2) is 26.5 Å². The molecule has 19 heavy (non-hydrogen) atoms. The monoisotopic (exact) mass is 261 g/mol. The third-order valence-corrected chi connectivity index (χ3v) is 3.08. The van der Waals surface area contributed by atoms with Crippen molar-refractivity contribution in [2.75, 3.05) is 0 Å². The number of carboxylic acids is 1. The van der Waals surface area contributed by atoms with E-state index < -0.39 is 12.0 Å². The number of fused-ring (bicyclic) bond motifs is 1. The lowest BCUT2D eigenvalue weighted by atomic mass is 10.1. The molecule has 1 unspecified atom stereocenters. The SMILES string of the molecule is Cc1ccc2nc(CNC(C(=O)O)C(C)C)cn2c1. The fourth-order valence-electron chi connectivity index (χ4n) is 2.06. The van der Waals surface area contributed by atoms with Crippen LogP contribution in [0.1, 0.15) is 25.1 Å². The highest BCUT2D eigenvalue weighted by Crippen LogP contribution is 2.08. The van der Waals surface area contributed by atoms with Gasteiger partial charge in [0.1, 0.15) is 11.7 Å². The molecule has 5 nitrogen and oxygen atoms in total. The highest BCUT2D eigenvalue weighted by atomic mass is 16.4. The molecule has 2 aromatic rings. The highest BCUT2D eigenvalue weighted by Gasteiger charge is 2.20. The smallest absolute Gasteiger partial charge is 0.320 e. The molecule has 2 heterocycles. The van der Waals surface area contributed by atoms with E-state index in [2.05, 4.69) is 10.3 Å². The maximum Gasteiger partial charge on any atom is 0.320 e. The lowest BCUT2D eigenvalue weighted by molar-refractivity contribution is -0.140. The summed E-state index contributed by atoms with van der Waals surface area (Å²) in [5, 5.41) is 12.1. The number of aryl methyl sites for hydroxylation is 1. The van der Waals surface area contributed by atoms with E-state index in [4.69, 9.17) is 5.11 Å². The second-order valence-electron chi connectivity index (χ2n) is 5.14. The lowest BCUT2D eigenvalue weighted by Gasteiger charge is -2.16. The van der Waals surface area contributed by atoms with Gasteiger partial charge < -0.3 is 9.51 Å². The topological polar surface area (TPSA) is 66.6 Å². The summed E-state index contributed by atoms with van der Waals surface area (Å²) in [6.45, 7) is 6.25. The average molecular weight is 261 g/mol. The Morgan fingerprint density at radius 2 is 2.16 bits per heavy atom. The molecule has 0 amide bonds. The van der Waals surface area contributed by atoms with E-state index in [1.54, 1.807) is 0 Å². The van der Waals surface area contributed by atoms with Crippen LogP contribution >= 0.6 is 0 Å². The number of pyridine rings is 1. The molecule has 0 saturated heterocycles. The van der Waals surface area contributed by atoms with Crippen LogP contribution in [0.25, 0.3) is 5.65 Å². The Balaban J connectivity index is 2.11. The van der Waals surface area contributed by atoms with Crippen molar-refractivity contribution in [3.63, 3.8) is 0 Å². The molecule has 0 fully saturated rings. The number of carbonyl (C=O) groups is 1. The Morgan fingerprint density at radius 1 is 1.42 bits per heavy atom. The van der Waals surface area contributed by atoms with Crippen LogP contribution in [0.5, 0.6) is 0 Å². The van der Waals surface area contributed by atoms with Gasteiger partial charge in [-0.15, -0.1) is 0 Å². The van der Waals surface area contributed by atoms with E-state index in [1.165, 1.54) is 0 Å². The third-order valence-electron chi connectivity index (χ3n) is 3.08. The van der Waals surface area contributed by atoms with Gasteiger partial charge in [-0.2, -0.15) is 0 Å². The molecular weight excluding hydrogens is 242 g/mol. The van der Waals surface area contributed by atoms with Crippen molar-refractivity contribution in [1.29, 1.82) is 0 Å². The molecule has 0 aliphatic rings. The first kappa shape index (κ1) is 13.5. The summed E-state index contributed by atoms with van der Waals surface area (Å²) in [5.41, 5.74) is 2.88. The number of hydrogen-bond donors (Lipinski definition) is 2. The van der Waals surface area contributed by atoms with Crippen molar-refractivity contribution in [3.05, 3.63) is 35.8 Å². The predicted molar refractivity (Wildman–Crippen MR) is 73.0 cm³/mol. The lowest BCUT2D eigenvalue weighted by Crippen LogP contribution is -2.40. The Bertz CT molecular complexity index is 589. The Labute approximate surface area is 112 Å². The molecule has 2 N–H and O–H groups in total. The Morgan fingerprint density at radius 3 is 2.79 bits per heavy atom. The molecule has 0 aliphatic heterocycles. The fourth-order valence-corrected chi connectivity index (χ4v) is 2.06. The van der Waals surface area contributed by atoms with Gasteiger partial charge in [-0.1, -0.05) is 19.9 Å². The summed E-state index contributed by atoms with van der Waals surface area (Å²) in [5.74, 6) is -0.786. The van der Waals surface area contributed by atoms with Gasteiger partial charge in [0.2, 0.25) is 0 Å². The van der Waals surface area contributed by atoms with E-state index in [0.29, 0.717) is 6.54 Å². The number of nitrogens with one attached hydrogen (secondary N) is 1. The number of aliphatic carboxylic acids is 1. The van der Waals surface area contributed by atoms with Crippen LogP contribution in [0, 0.1) is 12.8 Å².